The Labute approximate surface area is 186 Å². The zero-order chi connectivity index (χ0) is 21.2. The van der Waals surface area contributed by atoms with Gasteiger partial charge < -0.3 is 19.0 Å². The van der Waals surface area contributed by atoms with Crippen LogP contribution in [0.5, 0.6) is 11.5 Å². The average Bonchev–Trinajstić information content (AvgIpc) is 3.45. The molecule has 1 N–H and O–H groups in total. The van der Waals surface area contributed by atoms with Crippen molar-refractivity contribution in [1.29, 1.82) is 0 Å². The Morgan fingerprint density at radius 2 is 2.06 bits per heavy atom. The highest BCUT2D eigenvalue weighted by molar-refractivity contribution is 5.84. The smallest absolute Gasteiger partial charge is 0.169 e. The summed E-state index contributed by atoms with van der Waals surface area (Å²) >= 11 is 0. The van der Waals surface area contributed by atoms with Crippen LogP contribution < -0.4 is 4.74 Å². The molecule has 3 aliphatic carbocycles. The molecule has 164 valence electrons. The van der Waals surface area contributed by atoms with Gasteiger partial charge >= 0.3 is 0 Å². The lowest BCUT2D eigenvalue weighted by atomic mass is 9.49. The molecule has 2 bridgehead atoms. The second-order valence-corrected chi connectivity index (χ2v) is 10.5. The number of phenols is 1. The van der Waals surface area contributed by atoms with E-state index < -0.39 is 5.60 Å². The number of piperidine rings is 1. The summed E-state index contributed by atoms with van der Waals surface area (Å²) in [7, 11) is 1.89. The highest BCUT2D eigenvalue weighted by atomic mass is 16.5. The molecule has 1 spiro atoms. The minimum atomic E-state index is -0.406. The number of phenolic OH excluding ortho intramolecular Hbond substituents is 1. The van der Waals surface area contributed by atoms with Gasteiger partial charge in [0.25, 0.3) is 0 Å². The Balaban J connectivity index is 1.44. The van der Waals surface area contributed by atoms with Crippen LogP contribution in [-0.4, -0.2) is 41.8 Å². The van der Waals surface area contributed by atoms with Crippen molar-refractivity contribution in [2.24, 2.45) is 5.92 Å². The number of likely N-dealkylation sites (tertiary alicyclic amines) is 1. The average molecular weight is 430 g/mol. The number of rotatable bonds is 3. The number of methoxy groups -OCH3 is 1. The molecule has 4 atom stereocenters. The normalized spacial score (nSPS) is 34.3. The Morgan fingerprint density at radius 3 is 2.91 bits per heavy atom. The van der Waals surface area contributed by atoms with Crippen LogP contribution in [0.2, 0.25) is 0 Å². The van der Waals surface area contributed by atoms with Crippen molar-refractivity contribution in [2.75, 3.05) is 20.2 Å². The molecule has 0 amide bonds. The Morgan fingerprint density at radius 1 is 1.19 bits per heavy atom. The Bertz CT molecular complexity index is 1290. The summed E-state index contributed by atoms with van der Waals surface area (Å²) in [5, 5.41) is 12.0. The minimum absolute atomic E-state index is 0.231. The summed E-state index contributed by atoms with van der Waals surface area (Å²) in [4.78, 5) is 2.71. The number of fused-ring (bicyclic) bond motifs is 4. The molecule has 32 heavy (non-hydrogen) atoms. The number of furan rings is 1. The molecule has 0 unspecified atom stereocenters. The summed E-state index contributed by atoms with van der Waals surface area (Å²) in [6.45, 7) is 2.20. The Hall–Kier alpha value is -2.50. The molecule has 3 aromatic rings. The maximum atomic E-state index is 10.8. The van der Waals surface area contributed by atoms with Crippen molar-refractivity contribution in [3.05, 3.63) is 58.8 Å². The first kappa shape index (κ1) is 18.0. The number of ether oxygens (including phenoxy) is 2. The van der Waals surface area contributed by atoms with Crippen molar-refractivity contribution in [2.45, 2.75) is 55.3 Å². The molecule has 2 aliphatic heterocycles. The molecular weight excluding hydrogens is 402 g/mol. The Kier molecular flexibility index (Phi) is 3.20. The van der Waals surface area contributed by atoms with Gasteiger partial charge in [-0.15, -0.1) is 0 Å². The molecule has 2 fully saturated rings. The third kappa shape index (κ3) is 1.87. The number of hydrogen-bond donors (Lipinski definition) is 1. The SMILES string of the molecule is CO[C@@]12Cc3c(oc4ccccc34)[C@@H]3Oc4c(O)ccc5c4[C@@]31CCN(CC1CC1)[C@@H]2C5. The fourth-order valence-electron chi connectivity index (χ4n) is 7.78. The number of nitrogens with zero attached hydrogens (tertiary/aromatic N) is 1. The number of benzene rings is 2. The van der Waals surface area contributed by atoms with Gasteiger partial charge in [-0.2, -0.15) is 0 Å². The van der Waals surface area contributed by atoms with Gasteiger partial charge in [0.15, 0.2) is 17.6 Å². The molecule has 5 heteroatoms. The minimum Gasteiger partial charge on any atom is -0.504 e. The van der Waals surface area contributed by atoms with Crippen LogP contribution in [0.15, 0.2) is 40.8 Å². The van der Waals surface area contributed by atoms with Crippen molar-refractivity contribution >= 4 is 11.0 Å². The largest absolute Gasteiger partial charge is 0.504 e. The third-order valence-electron chi connectivity index (χ3n) is 9.25. The topological polar surface area (TPSA) is 55.1 Å². The van der Waals surface area contributed by atoms with Crippen LogP contribution >= 0.6 is 0 Å². The summed E-state index contributed by atoms with van der Waals surface area (Å²) < 4.78 is 19.9. The van der Waals surface area contributed by atoms with E-state index in [1.807, 2.05) is 25.3 Å². The molecule has 1 aromatic heterocycles. The van der Waals surface area contributed by atoms with Gasteiger partial charge in [-0.25, -0.2) is 0 Å². The molecular formula is C27H27NO4. The first-order chi connectivity index (χ1) is 15.7. The van der Waals surface area contributed by atoms with Crippen LogP contribution in [0, 0.1) is 5.92 Å². The maximum Gasteiger partial charge on any atom is 0.169 e. The van der Waals surface area contributed by atoms with Gasteiger partial charge in [-0.05, 0) is 55.8 Å². The molecule has 1 saturated heterocycles. The van der Waals surface area contributed by atoms with E-state index in [0.29, 0.717) is 5.75 Å². The summed E-state index contributed by atoms with van der Waals surface area (Å²) in [5.74, 6) is 2.64. The number of aromatic hydroxyl groups is 1. The lowest BCUT2D eigenvalue weighted by molar-refractivity contribution is -0.193. The molecule has 8 rings (SSSR count). The quantitative estimate of drug-likeness (QED) is 0.665. The maximum absolute atomic E-state index is 10.8. The van der Waals surface area contributed by atoms with E-state index in [9.17, 15) is 5.11 Å². The van der Waals surface area contributed by atoms with Crippen LogP contribution in [0.3, 0.4) is 0 Å². The standard InChI is InChI=1S/C27H27NO4/c1-30-27-13-18-17-4-2-3-5-20(17)31-23(18)25-26(27)10-11-28(14-15-6-7-15)21(27)12-16-8-9-19(29)24(32-25)22(16)26/h2-5,8-9,15,21,25,29H,6-7,10-14H2,1H3/t21-,25+,26+,27-/m1/s1. The fraction of sp³-hybridized carbons (Fsp3) is 0.481. The second kappa shape index (κ2) is 5.70. The van der Waals surface area contributed by atoms with E-state index in [0.717, 1.165) is 55.0 Å². The first-order valence-electron chi connectivity index (χ1n) is 12.0. The summed E-state index contributed by atoms with van der Waals surface area (Å²) in [5.41, 5.74) is 3.87. The van der Waals surface area contributed by atoms with Gasteiger partial charge in [-0.1, -0.05) is 24.3 Å². The van der Waals surface area contributed by atoms with Crippen LogP contribution in [0.25, 0.3) is 11.0 Å². The van der Waals surface area contributed by atoms with E-state index in [1.165, 1.54) is 29.5 Å². The zero-order valence-corrected chi connectivity index (χ0v) is 18.3. The summed E-state index contributed by atoms with van der Waals surface area (Å²) in [6, 6.07) is 12.5. The molecule has 2 aromatic carbocycles. The third-order valence-corrected chi connectivity index (χ3v) is 9.25. The molecule has 1 saturated carbocycles. The van der Waals surface area contributed by atoms with Gasteiger partial charge in [0.2, 0.25) is 0 Å². The molecule has 5 nitrogen and oxygen atoms in total. The monoisotopic (exact) mass is 429 g/mol. The van der Waals surface area contributed by atoms with Crippen LogP contribution in [-0.2, 0) is 23.0 Å². The highest BCUT2D eigenvalue weighted by Crippen LogP contribution is 2.70. The van der Waals surface area contributed by atoms with E-state index >= 15 is 0 Å². The fourth-order valence-corrected chi connectivity index (χ4v) is 7.78. The van der Waals surface area contributed by atoms with Crippen molar-refractivity contribution in [1.82, 2.24) is 4.90 Å². The van der Waals surface area contributed by atoms with Gasteiger partial charge in [-0.3, -0.25) is 4.90 Å². The van der Waals surface area contributed by atoms with Crippen molar-refractivity contribution in [3.8, 4) is 11.5 Å². The van der Waals surface area contributed by atoms with Gasteiger partial charge in [0.05, 0.1) is 5.41 Å². The second-order valence-electron chi connectivity index (χ2n) is 10.5. The van der Waals surface area contributed by atoms with Crippen LogP contribution in [0.4, 0.5) is 0 Å². The lowest BCUT2D eigenvalue weighted by Crippen LogP contribution is -2.75. The van der Waals surface area contributed by atoms with E-state index in [4.69, 9.17) is 13.9 Å². The van der Waals surface area contributed by atoms with E-state index in [-0.39, 0.29) is 23.3 Å². The van der Waals surface area contributed by atoms with Crippen molar-refractivity contribution in [3.63, 3.8) is 0 Å². The molecule has 0 radical (unpaired) electrons. The predicted octanol–water partition coefficient (Wildman–Crippen LogP) is 4.49. The van der Waals surface area contributed by atoms with Gasteiger partial charge in [0.1, 0.15) is 16.9 Å². The van der Waals surface area contributed by atoms with E-state index in [1.54, 1.807) is 0 Å². The molecule has 5 aliphatic rings. The van der Waals surface area contributed by atoms with Crippen molar-refractivity contribution < 1.29 is 19.0 Å². The zero-order valence-electron chi connectivity index (χ0n) is 18.3. The summed E-state index contributed by atoms with van der Waals surface area (Å²) in [6.07, 6.45) is 5.14. The highest BCUT2D eigenvalue weighted by Gasteiger charge is 2.74. The predicted molar refractivity (Wildman–Crippen MR) is 119 cm³/mol. The first-order valence-corrected chi connectivity index (χ1v) is 12.0. The van der Waals surface area contributed by atoms with E-state index in [2.05, 4.69) is 23.1 Å². The van der Waals surface area contributed by atoms with Gasteiger partial charge in [0, 0.05) is 42.6 Å². The lowest BCUT2D eigenvalue weighted by Gasteiger charge is -2.64. The number of hydrogen-bond acceptors (Lipinski definition) is 5. The number of para-hydroxylation sites is 1. The molecule has 3 heterocycles. The van der Waals surface area contributed by atoms with Crippen LogP contribution in [0.1, 0.15) is 47.8 Å².